The number of nitrogens with zero attached hydrogens (tertiary/aromatic N) is 1. The molecule has 1 unspecified atom stereocenters. The number of methoxy groups -OCH3 is 1. The molecule has 0 amide bonds. The number of hydrogen-bond acceptors (Lipinski definition) is 4. The third kappa shape index (κ3) is 1.85. The van der Waals surface area contributed by atoms with E-state index in [4.69, 9.17) is 22.1 Å². The van der Waals surface area contributed by atoms with Gasteiger partial charge in [-0.05, 0) is 30.5 Å². The first kappa shape index (κ1) is 11.8. The van der Waals surface area contributed by atoms with E-state index in [-0.39, 0.29) is 0 Å². The van der Waals surface area contributed by atoms with E-state index in [9.17, 15) is 0 Å². The standard InChI is InChI=1S/C13H13ClN2OS/c1-17-11-5-2-7(6-9(11)14)8-3-4-10-12(8)18-13(15)16-10/h2,5-6,8H,3-4H2,1H3,(H2,15,16). The molecule has 1 atom stereocenters. The Balaban J connectivity index is 1.99. The van der Waals surface area contributed by atoms with Crippen LogP contribution in [0.3, 0.4) is 0 Å². The average Bonchev–Trinajstić information content (AvgIpc) is 2.87. The molecular weight excluding hydrogens is 268 g/mol. The van der Waals surface area contributed by atoms with Gasteiger partial charge in [-0.1, -0.05) is 17.7 Å². The van der Waals surface area contributed by atoms with E-state index in [2.05, 4.69) is 11.1 Å². The van der Waals surface area contributed by atoms with E-state index in [1.54, 1.807) is 18.4 Å². The third-order valence-electron chi connectivity index (χ3n) is 3.31. The number of fused-ring (bicyclic) bond motifs is 1. The minimum atomic E-state index is 0.373. The summed E-state index contributed by atoms with van der Waals surface area (Å²) < 4.78 is 5.17. The van der Waals surface area contributed by atoms with Gasteiger partial charge in [-0.2, -0.15) is 0 Å². The summed E-state index contributed by atoms with van der Waals surface area (Å²) in [4.78, 5) is 5.65. The van der Waals surface area contributed by atoms with Crippen molar-refractivity contribution in [2.45, 2.75) is 18.8 Å². The van der Waals surface area contributed by atoms with Crippen molar-refractivity contribution in [2.75, 3.05) is 12.8 Å². The van der Waals surface area contributed by atoms with E-state index in [1.807, 2.05) is 12.1 Å². The predicted molar refractivity (Wildman–Crippen MR) is 74.7 cm³/mol. The second-order valence-corrected chi connectivity index (χ2v) is 5.82. The van der Waals surface area contributed by atoms with Crippen LogP contribution < -0.4 is 10.5 Å². The summed E-state index contributed by atoms with van der Waals surface area (Å²) >= 11 is 7.77. The first-order chi connectivity index (χ1) is 8.69. The number of benzene rings is 1. The van der Waals surface area contributed by atoms with Crippen molar-refractivity contribution in [2.24, 2.45) is 0 Å². The van der Waals surface area contributed by atoms with Crippen LogP contribution in [0.4, 0.5) is 5.13 Å². The summed E-state index contributed by atoms with van der Waals surface area (Å²) in [6, 6.07) is 5.97. The first-order valence-corrected chi connectivity index (χ1v) is 6.97. The highest BCUT2D eigenvalue weighted by atomic mass is 35.5. The Bertz CT molecular complexity index is 597. The Hall–Kier alpha value is -1.26. The molecule has 3 rings (SSSR count). The van der Waals surface area contributed by atoms with Crippen LogP contribution in [0.15, 0.2) is 18.2 Å². The highest BCUT2D eigenvalue weighted by molar-refractivity contribution is 7.15. The van der Waals surface area contributed by atoms with Gasteiger partial charge in [0.15, 0.2) is 5.13 Å². The van der Waals surface area contributed by atoms with Crippen molar-refractivity contribution in [3.63, 3.8) is 0 Å². The number of anilines is 1. The minimum absolute atomic E-state index is 0.373. The molecule has 0 radical (unpaired) electrons. The monoisotopic (exact) mass is 280 g/mol. The lowest BCUT2D eigenvalue weighted by Crippen LogP contribution is -1.95. The van der Waals surface area contributed by atoms with E-state index in [0.717, 1.165) is 18.5 Å². The topological polar surface area (TPSA) is 48.1 Å². The second-order valence-electron chi connectivity index (χ2n) is 4.35. The molecule has 0 saturated heterocycles. The lowest BCUT2D eigenvalue weighted by Gasteiger charge is -2.12. The molecule has 2 aromatic rings. The summed E-state index contributed by atoms with van der Waals surface area (Å²) in [6.45, 7) is 0. The Kier molecular flexibility index (Phi) is 2.92. The van der Waals surface area contributed by atoms with E-state index < -0.39 is 0 Å². The molecule has 0 bridgehead atoms. The Labute approximate surface area is 115 Å². The molecule has 18 heavy (non-hydrogen) atoms. The van der Waals surface area contributed by atoms with Gasteiger partial charge in [-0.15, -0.1) is 11.3 Å². The van der Waals surface area contributed by atoms with Gasteiger partial charge in [-0.3, -0.25) is 0 Å². The number of thiazole rings is 1. The maximum Gasteiger partial charge on any atom is 0.180 e. The third-order valence-corrected chi connectivity index (χ3v) is 4.64. The molecule has 1 aromatic carbocycles. The number of nitrogens with two attached hydrogens (primary N) is 1. The van der Waals surface area contributed by atoms with E-state index in [1.165, 1.54) is 10.4 Å². The fraction of sp³-hybridized carbons (Fsp3) is 0.308. The van der Waals surface area contributed by atoms with Crippen LogP contribution in [0.25, 0.3) is 0 Å². The number of hydrogen-bond donors (Lipinski definition) is 1. The number of halogens is 1. The molecule has 94 valence electrons. The molecule has 2 N–H and O–H groups in total. The lowest BCUT2D eigenvalue weighted by atomic mass is 9.98. The Morgan fingerprint density at radius 1 is 1.50 bits per heavy atom. The van der Waals surface area contributed by atoms with Crippen LogP contribution in [0.2, 0.25) is 5.02 Å². The molecule has 1 heterocycles. The normalized spacial score (nSPS) is 17.8. The van der Waals surface area contributed by atoms with Gasteiger partial charge < -0.3 is 10.5 Å². The van der Waals surface area contributed by atoms with Gasteiger partial charge >= 0.3 is 0 Å². The highest BCUT2D eigenvalue weighted by Crippen LogP contribution is 2.43. The van der Waals surface area contributed by atoms with Gasteiger partial charge in [0, 0.05) is 10.8 Å². The van der Waals surface area contributed by atoms with Crippen molar-refractivity contribution < 1.29 is 4.74 Å². The minimum Gasteiger partial charge on any atom is -0.495 e. The number of ether oxygens (including phenoxy) is 1. The first-order valence-electron chi connectivity index (χ1n) is 5.77. The van der Waals surface area contributed by atoms with Crippen molar-refractivity contribution in [3.05, 3.63) is 39.4 Å². The smallest absolute Gasteiger partial charge is 0.180 e. The summed E-state index contributed by atoms with van der Waals surface area (Å²) in [5.74, 6) is 1.08. The van der Waals surface area contributed by atoms with Crippen molar-refractivity contribution in [1.29, 1.82) is 0 Å². The van der Waals surface area contributed by atoms with Crippen molar-refractivity contribution >= 4 is 28.1 Å². The maximum atomic E-state index is 6.18. The van der Waals surface area contributed by atoms with Gasteiger partial charge in [-0.25, -0.2) is 4.98 Å². The van der Waals surface area contributed by atoms with E-state index in [0.29, 0.717) is 21.8 Å². The molecule has 1 aliphatic rings. The zero-order chi connectivity index (χ0) is 12.7. The van der Waals surface area contributed by atoms with Crippen LogP contribution in [0, 0.1) is 0 Å². The molecule has 5 heteroatoms. The number of aryl methyl sites for hydroxylation is 1. The van der Waals surface area contributed by atoms with Crippen LogP contribution in [0.5, 0.6) is 5.75 Å². The fourth-order valence-electron chi connectivity index (χ4n) is 2.46. The predicted octanol–water partition coefficient (Wildman–Crippen LogP) is 3.47. The Morgan fingerprint density at radius 2 is 2.33 bits per heavy atom. The molecule has 0 fully saturated rings. The van der Waals surface area contributed by atoms with Gasteiger partial charge in [0.25, 0.3) is 0 Å². The molecule has 0 aliphatic heterocycles. The van der Waals surface area contributed by atoms with E-state index >= 15 is 0 Å². The van der Waals surface area contributed by atoms with Gasteiger partial charge in [0.05, 0.1) is 17.8 Å². The molecule has 0 saturated carbocycles. The number of nitrogen functional groups attached to an aromatic ring is 1. The summed E-state index contributed by atoms with van der Waals surface area (Å²) in [6.07, 6.45) is 2.08. The van der Waals surface area contributed by atoms with Crippen molar-refractivity contribution in [3.8, 4) is 5.75 Å². The van der Waals surface area contributed by atoms with Crippen LogP contribution in [-0.2, 0) is 6.42 Å². The quantitative estimate of drug-likeness (QED) is 0.916. The Morgan fingerprint density at radius 3 is 3.06 bits per heavy atom. The fourth-order valence-corrected chi connectivity index (χ4v) is 3.77. The van der Waals surface area contributed by atoms with Crippen LogP contribution in [-0.4, -0.2) is 12.1 Å². The van der Waals surface area contributed by atoms with Gasteiger partial charge in [0.1, 0.15) is 5.75 Å². The van der Waals surface area contributed by atoms with Crippen LogP contribution >= 0.6 is 22.9 Å². The molecule has 3 nitrogen and oxygen atoms in total. The maximum absolute atomic E-state index is 6.18. The zero-order valence-electron chi connectivity index (χ0n) is 9.94. The van der Waals surface area contributed by atoms with Crippen molar-refractivity contribution in [1.82, 2.24) is 4.98 Å². The molecule has 1 aromatic heterocycles. The molecular formula is C13H13ClN2OS. The zero-order valence-corrected chi connectivity index (χ0v) is 11.5. The summed E-state index contributed by atoms with van der Waals surface area (Å²) in [7, 11) is 1.62. The molecule has 0 spiro atoms. The summed E-state index contributed by atoms with van der Waals surface area (Å²) in [5.41, 5.74) is 8.13. The van der Waals surface area contributed by atoms with Crippen LogP contribution in [0.1, 0.15) is 28.5 Å². The highest BCUT2D eigenvalue weighted by Gasteiger charge is 2.28. The largest absolute Gasteiger partial charge is 0.495 e. The molecule has 1 aliphatic carbocycles. The average molecular weight is 281 g/mol. The second kappa shape index (κ2) is 4.44. The lowest BCUT2D eigenvalue weighted by molar-refractivity contribution is 0.415. The SMILES string of the molecule is COc1ccc(C2CCc3nc(N)sc32)cc1Cl. The van der Waals surface area contributed by atoms with Gasteiger partial charge in [0.2, 0.25) is 0 Å². The number of rotatable bonds is 2. The number of aromatic nitrogens is 1. The summed E-state index contributed by atoms with van der Waals surface area (Å²) in [5, 5.41) is 1.31.